The summed E-state index contributed by atoms with van der Waals surface area (Å²) >= 11 is 1.28. The minimum absolute atomic E-state index is 0.173. The number of nitrogens with zero attached hydrogens (tertiary/aromatic N) is 2. The van der Waals surface area contributed by atoms with Crippen LogP contribution in [0, 0.1) is 5.82 Å². The largest absolute Gasteiger partial charge is 0.351 e. The fourth-order valence-corrected chi connectivity index (χ4v) is 2.94. The number of halogens is 1. The molecule has 0 unspecified atom stereocenters. The van der Waals surface area contributed by atoms with Gasteiger partial charge in [-0.1, -0.05) is 0 Å². The molecule has 118 valence electrons. The highest BCUT2D eigenvalue weighted by molar-refractivity contribution is 8.18. The van der Waals surface area contributed by atoms with Gasteiger partial charge in [-0.25, -0.2) is 9.38 Å². The Hall–Kier alpha value is -2.34. The summed E-state index contributed by atoms with van der Waals surface area (Å²) in [7, 11) is 0. The Balaban J connectivity index is 1.78. The van der Waals surface area contributed by atoms with E-state index < -0.39 is 0 Å². The Labute approximate surface area is 138 Å². The van der Waals surface area contributed by atoms with E-state index in [0.717, 1.165) is 5.56 Å². The van der Waals surface area contributed by atoms with E-state index >= 15 is 0 Å². The second-order valence-electron chi connectivity index (χ2n) is 5.44. The highest BCUT2D eigenvalue weighted by Crippen LogP contribution is 2.28. The fourth-order valence-electron chi connectivity index (χ4n) is 2.10. The molecule has 1 aliphatic heterocycles. The smallest absolute Gasteiger partial charge is 0.264 e. The summed E-state index contributed by atoms with van der Waals surface area (Å²) in [6, 6.07) is 8.16. The second-order valence-corrected chi connectivity index (χ2v) is 6.47. The van der Waals surface area contributed by atoms with Crippen LogP contribution in [0.5, 0.6) is 0 Å². The monoisotopic (exact) mass is 329 g/mol. The number of aliphatic imine (C=N–C) groups is 1. The second kappa shape index (κ2) is 6.42. The van der Waals surface area contributed by atoms with E-state index in [0.29, 0.717) is 21.8 Å². The number of benzene rings is 1. The number of aromatic nitrogens is 1. The number of carbonyl (C=O) groups excluding carboxylic acids is 1. The molecule has 1 aromatic carbocycles. The predicted molar refractivity (Wildman–Crippen MR) is 92.0 cm³/mol. The number of thioether (sulfide) groups is 1. The van der Waals surface area contributed by atoms with Crippen molar-refractivity contribution >= 4 is 34.6 Å². The number of hydrogen-bond acceptors (Lipinski definition) is 3. The van der Waals surface area contributed by atoms with E-state index in [1.54, 1.807) is 12.1 Å². The summed E-state index contributed by atoms with van der Waals surface area (Å²) in [4.78, 5) is 16.9. The highest BCUT2D eigenvalue weighted by Gasteiger charge is 2.23. The molecule has 2 heterocycles. The normalized spacial score (nSPS) is 18.2. The molecule has 1 amide bonds. The standard InChI is InChI=1S/C17H16FN3OS/c1-11(2)21-8-7-12(10-21)9-15-16(22)20-17(23-15)19-14-5-3-13(18)4-6-14/h3-11H,1-2H3,(H,19,20,22)/b15-9+. The summed E-state index contributed by atoms with van der Waals surface area (Å²) < 4.78 is 15.0. The van der Waals surface area contributed by atoms with Crippen LogP contribution >= 0.6 is 11.8 Å². The van der Waals surface area contributed by atoms with E-state index in [1.807, 2.05) is 24.5 Å². The fraction of sp³-hybridized carbons (Fsp3) is 0.176. The summed E-state index contributed by atoms with van der Waals surface area (Å²) in [6.07, 6.45) is 5.83. The molecular formula is C17H16FN3OS. The van der Waals surface area contributed by atoms with Crippen molar-refractivity contribution in [1.82, 2.24) is 9.88 Å². The molecule has 0 aliphatic carbocycles. The quantitative estimate of drug-likeness (QED) is 0.862. The molecule has 0 radical (unpaired) electrons. The van der Waals surface area contributed by atoms with Crippen LogP contribution in [-0.4, -0.2) is 15.6 Å². The van der Waals surface area contributed by atoms with E-state index in [-0.39, 0.29) is 11.7 Å². The van der Waals surface area contributed by atoms with Gasteiger partial charge in [-0.2, -0.15) is 0 Å². The average molecular weight is 329 g/mol. The Morgan fingerprint density at radius 2 is 2.00 bits per heavy atom. The van der Waals surface area contributed by atoms with Crippen LogP contribution in [0.2, 0.25) is 0 Å². The zero-order valence-corrected chi connectivity index (χ0v) is 13.6. The third-order valence-electron chi connectivity index (χ3n) is 3.34. The maximum atomic E-state index is 12.9. The van der Waals surface area contributed by atoms with E-state index in [2.05, 4.69) is 28.7 Å². The van der Waals surface area contributed by atoms with Gasteiger partial charge in [-0.05, 0) is 67.6 Å². The topological polar surface area (TPSA) is 46.4 Å². The first kappa shape index (κ1) is 15.6. The molecule has 1 N–H and O–H groups in total. The minimum Gasteiger partial charge on any atom is -0.351 e. The third kappa shape index (κ3) is 3.71. The number of hydrogen-bond donors (Lipinski definition) is 1. The summed E-state index contributed by atoms with van der Waals surface area (Å²) in [5.74, 6) is -0.486. The predicted octanol–water partition coefficient (Wildman–Crippen LogP) is 4.10. The van der Waals surface area contributed by atoms with E-state index in [4.69, 9.17) is 0 Å². The van der Waals surface area contributed by atoms with Crippen LogP contribution in [0.3, 0.4) is 0 Å². The molecule has 2 aromatic rings. The van der Waals surface area contributed by atoms with Crippen LogP contribution in [0.15, 0.2) is 52.6 Å². The van der Waals surface area contributed by atoms with E-state index in [9.17, 15) is 9.18 Å². The van der Waals surface area contributed by atoms with Gasteiger partial charge in [0, 0.05) is 18.4 Å². The first-order chi connectivity index (χ1) is 11.0. The van der Waals surface area contributed by atoms with Gasteiger partial charge in [0.2, 0.25) is 0 Å². The van der Waals surface area contributed by atoms with Crippen molar-refractivity contribution in [2.24, 2.45) is 4.99 Å². The molecule has 3 rings (SSSR count). The van der Waals surface area contributed by atoms with Crippen LogP contribution in [0.25, 0.3) is 6.08 Å². The van der Waals surface area contributed by atoms with Crippen molar-refractivity contribution in [1.29, 1.82) is 0 Å². The van der Waals surface area contributed by atoms with Crippen LogP contribution in [0.1, 0.15) is 25.5 Å². The minimum atomic E-state index is -0.313. The molecule has 0 bridgehead atoms. The SMILES string of the molecule is CC(C)n1ccc(/C=C2/SC(=Nc3ccc(F)cc3)NC2=O)c1. The van der Waals surface area contributed by atoms with Gasteiger partial charge in [-0.15, -0.1) is 0 Å². The molecular weight excluding hydrogens is 313 g/mol. The summed E-state index contributed by atoms with van der Waals surface area (Å²) in [5, 5.41) is 3.22. The lowest BCUT2D eigenvalue weighted by Crippen LogP contribution is -2.19. The lowest BCUT2D eigenvalue weighted by atomic mass is 10.3. The van der Waals surface area contributed by atoms with Gasteiger partial charge in [0.05, 0.1) is 10.6 Å². The number of carbonyl (C=O) groups is 1. The van der Waals surface area contributed by atoms with Gasteiger partial charge in [-0.3, -0.25) is 4.79 Å². The molecule has 1 fully saturated rings. The first-order valence-electron chi connectivity index (χ1n) is 7.24. The van der Waals surface area contributed by atoms with E-state index in [1.165, 1.54) is 23.9 Å². The molecule has 0 spiro atoms. The molecule has 23 heavy (non-hydrogen) atoms. The van der Waals surface area contributed by atoms with Gasteiger partial charge >= 0.3 is 0 Å². The van der Waals surface area contributed by atoms with Gasteiger partial charge < -0.3 is 9.88 Å². The zero-order chi connectivity index (χ0) is 16.4. The van der Waals surface area contributed by atoms with Gasteiger partial charge in [0.25, 0.3) is 5.91 Å². The Morgan fingerprint density at radius 3 is 2.65 bits per heavy atom. The van der Waals surface area contributed by atoms with Crippen molar-refractivity contribution in [2.75, 3.05) is 0 Å². The number of rotatable bonds is 3. The Morgan fingerprint density at radius 1 is 1.26 bits per heavy atom. The lowest BCUT2D eigenvalue weighted by Gasteiger charge is -2.04. The molecule has 4 nitrogen and oxygen atoms in total. The van der Waals surface area contributed by atoms with Crippen molar-refractivity contribution < 1.29 is 9.18 Å². The van der Waals surface area contributed by atoms with Crippen molar-refractivity contribution in [3.63, 3.8) is 0 Å². The maximum Gasteiger partial charge on any atom is 0.264 e. The molecule has 0 saturated carbocycles. The van der Waals surface area contributed by atoms with Crippen LogP contribution in [-0.2, 0) is 4.79 Å². The maximum absolute atomic E-state index is 12.9. The van der Waals surface area contributed by atoms with Crippen LogP contribution in [0.4, 0.5) is 10.1 Å². The van der Waals surface area contributed by atoms with Crippen LogP contribution < -0.4 is 5.32 Å². The molecule has 6 heteroatoms. The van der Waals surface area contributed by atoms with Gasteiger partial charge in [0.1, 0.15) is 5.82 Å². The highest BCUT2D eigenvalue weighted by atomic mass is 32.2. The Kier molecular flexibility index (Phi) is 4.34. The summed E-state index contributed by atoms with van der Waals surface area (Å²) in [6.45, 7) is 4.20. The third-order valence-corrected chi connectivity index (χ3v) is 4.25. The zero-order valence-electron chi connectivity index (χ0n) is 12.8. The first-order valence-corrected chi connectivity index (χ1v) is 8.05. The summed E-state index contributed by atoms with van der Waals surface area (Å²) in [5.41, 5.74) is 1.57. The van der Waals surface area contributed by atoms with Gasteiger partial charge in [0.15, 0.2) is 5.17 Å². The number of amides is 1. The number of amidine groups is 1. The number of nitrogens with one attached hydrogen (secondary N) is 1. The van der Waals surface area contributed by atoms with Crippen molar-refractivity contribution in [3.05, 3.63) is 59.0 Å². The molecule has 0 atom stereocenters. The molecule has 1 saturated heterocycles. The average Bonchev–Trinajstić information content (AvgIpc) is 3.10. The van der Waals surface area contributed by atoms with Crippen molar-refractivity contribution in [3.8, 4) is 0 Å². The van der Waals surface area contributed by atoms with Crippen molar-refractivity contribution in [2.45, 2.75) is 19.9 Å². The Bertz CT molecular complexity index is 790. The molecule has 1 aliphatic rings. The molecule has 1 aromatic heterocycles. The lowest BCUT2D eigenvalue weighted by molar-refractivity contribution is -0.115.